The molecule has 0 unspecified atom stereocenters. The van der Waals surface area contributed by atoms with Gasteiger partial charge < -0.3 is 113 Å². The van der Waals surface area contributed by atoms with Gasteiger partial charge >= 0.3 is 6.09 Å². The highest BCUT2D eigenvalue weighted by Gasteiger charge is 2.51. The molecule has 1 saturated heterocycles. The molecule has 35 heteroatoms. The van der Waals surface area contributed by atoms with Crippen LogP contribution in [-0.4, -0.2) is 230 Å². The van der Waals surface area contributed by atoms with Crippen molar-refractivity contribution in [2.45, 2.75) is 177 Å². The van der Waals surface area contributed by atoms with Crippen LogP contribution < -0.4 is 58.3 Å². The van der Waals surface area contributed by atoms with Gasteiger partial charge in [-0.3, -0.25) is 57.5 Å². The van der Waals surface area contributed by atoms with E-state index < -0.39 is 236 Å². The minimum atomic E-state index is -2.53. The van der Waals surface area contributed by atoms with E-state index in [0.717, 1.165) is 29.2 Å². The number of primary amides is 1. The van der Waals surface area contributed by atoms with E-state index in [1.54, 1.807) is 13.8 Å². The van der Waals surface area contributed by atoms with Gasteiger partial charge in [-0.15, -0.1) is 0 Å². The van der Waals surface area contributed by atoms with E-state index in [-0.39, 0.29) is 78.0 Å². The Labute approximate surface area is 647 Å². The molecular weight excluding hydrogens is 1480 g/mol. The molecule has 5 aromatic rings. The summed E-state index contributed by atoms with van der Waals surface area (Å²) in [6.07, 6.45) is -10.2. The van der Waals surface area contributed by atoms with E-state index in [1.165, 1.54) is 63.4 Å². The van der Waals surface area contributed by atoms with Crippen molar-refractivity contribution in [2.24, 2.45) is 11.7 Å². The Bertz CT molecular complexity index is 4420. The number of aliphatic hydroxyl groups excluding tert-OH is 4. The lowest BCUT2D eigenvalue weighted by molar-refractivity contribution is -0.249. The molecule has 0 radical (unpaired) electrons. The number of phenols is 3. The number of nitrogens with one attached hydrogen (secondary N) is 9. The lowest BCUT2D eigenvalue weighted by Crippen LogP contribution is -2.62. The van der Waals surface area contributed by atoms with Gasteiger partial charge in [0.15, 0.2) is 17.9 Å². The number of alkyl carbamates (subject to hydrolysis) is 1. The average molecular weight is 1570 g/mol. The van der Waals surface area contributed by atoms with E-state index in [9.17, 15) is 103 Å². The zero-order valence-electron chi connectivity index (χ0n) is 62.7. The first-order chi connectivity index (χ1) is 53.7. The number of ether oxygens (including phenoxy) is 4. The van der Waals surface area contributed by atoms with Crippen LogP contribution in [0.15, 0.2) is 91.0 Å². The maximum atomic E-state index is 14.5. The number of phenolic OH excluding ortho intramolecular Hbond substituents is 3. The molecule has 5 aromatic carbocycles. The molecule has 606 valence electrons. The molecule has 1 fully saturated rings. The van der Waals surface area contributed by atoms with Gasteiger partial charge in [-0.1, -0.05) is 86.6 Å². The third-order valence-electron chi connectivity index (χ3n) is 20.1. The number of fused-ring (bicyclic) bond motifs is 6. The van der Waals surface area contributed by atoms with Gasteiger partial charge in [0.05, 0.1) is 55.3 Å². The summed E-state index contributed by atoms with van der Waals surface area (Å²) in [7, 11) is 1.25. The molecule has 1 heterocycles. The number of nitrogens with two attached hydrogens (primary N) is 1. The highest BCUT2D eigenvalue weighted by atomic mass is 16.7. The van der Waals surface area contributed by atoms with Crippen molar-refractivity contribution >= 4 is 76.6 Å². The highest BCUT2D eigenvalue weighted by Crippen LogP contribution is 2.53. The predicted octanol–water partition coefficient (Wildman–Crippen LogP) is -0.844. The summed E-state index contributed by atoms with van der Waals surface area (Å²) in [6.45, 7) is 3.78. The van der Waals surface area contributed by atoms with Crippen LogP contribution in [0.2, 0.25) is 0 Å². The fourth-order valence-corrected chi connectivity index (χ4v) is 14.3. The van der Waals surface area contributed by atoms with Crippen LogP contribution in [0.5, 0.6) is 23.0 Å². The summed E-state index contributed by atoms with van der Waals surface area (Å²) >= 11 is 0. The van der Waals surface area contributed by atoms with Crippen LogP contribution in [0.4, 0.5) is 4.79 Å². The van der Waals surface area contributed by atoms with Gasteiger partial charge in [0.2, 0.25) is 58.9 Å². The van der Waals surface area contributed by atoms with Gasteiger partial charge in [-0.25, -0.2) is 4.79 Å². The fraction of sp³-hybridized carbons (Fsp3) is 0.449. The minimum Gasteiger partial charge on any atom is -0.508 e. The number of benzene rings is 5. The van der Waals surface area contributed by atoms with Gasteiger partial charge in [0.25, 0.3) is 0 Å². The molecule has 9 rings (SSSR count). The van der Waals surface area contributed by atoms with Gasteiger partial charge in [0, 0.05) is 68.2 Å². The van der Waals surface area contributed by atoms with Crippen LogP contribution in [-0.2, 0) is 75.0 Å². The van der Waals surface area contributed by atoms with Crippen molar-refractivity contribution < 1.29 is 122 Å². The number of carbonyl (C=O) groups is 13. The van der Waals surface area contributed by atoms with E-state index in [2.05, 4.69) is 47.9 Å². The Hall–Kier alpha value is -11.5. The average Bonchev–Trinajstić information content (AvgIpc) is 1.01. The molecule has 3 aliphatic carbocycles. The normalized spacial score (nSPS) is 19.9. The van der Waals surface area contributed by atoms with Crippen molar-refractivity contribution in [3.8, 4) is 34.1 Å². The molecule has 0 bridgehead atoms. The van der Waals surface area contributed by atoms with Crippen molar-refractivity contribution in [1.29, 1.82) is 0 Å². The Morgan fingerprint density at radius 3 is 1.80 bits per heavy atom. The summed E-state index contributed by atoms with van der Waals surface area (Å²) < 4.78 is 23.3. The highest BCUT2D eigenvalue weighted by molar-refractivity contribution is 6.31. The van der Waals surface area contributed by atoms with Crippen molar-refractivity contribution in [1.82, 2.24) is 47.9 Å². The number of aliphatic hydroxyl groups is 5. The number of carbonyl (C=O) groups excluding carboxylic acids is 13. The zero-order valence-corrected chi connectivity index (χ0v) is 62.7. The SMILES string of the molecule is COc1cccc2c1C(=O)c1c(O)c3c(c(O)c1C2=O)C[C@@](O)(C(=O)CO)C[C@@H]3O[C@H]1C[C@H](NC(=O)[C@H](CC(C)C)NC(=O)[C@H](CO)NC(=O)[C@@H](CCC(N)=O)NC(=O)[C@H](Cc2ccc(O)cc2)NC(=O)[C@H](CO)NC(=O)[C@H](C)NC(=O)[C@H](CCCNC(=O)OCC2c3ccccc3-c3ccccc32)NC(C)=O)[C@H](O)[C@H](C)O1. The number of rotatable bonds is 35. The standard InChI is InChI=1S/C78H94N10O25/c1-36(2)27-52(73(104)84-51-29-60(112-38(4)65(51)96)113-57-31-78(109,58(94)34-91)30-47-62(57)69(100)64-63(67(47)98)66(97)46-17-11-19-56(110-6)61(46)68(64)99)85-76(107)55(33-90)88-72(103)50(24-25-59(79)95)83-74(105)53(28-40-20-22-41(93)23-21-40)86-75(106)54(32-89)87-70(101)37(3)81-71(102)49(82-39(5)92)18-12-26-80-77(108)111-35-48-44-15-9-7-13-42(44)43-14-8-10-16-45(43)48/h7-11,13-17,19-23,36-38,48-55,57,60,65,89-91,93,96,98,100,109H,12,18,24-35H2,1-6H3,(H2,79,95)(H,80,108)(H,81,102)(H,82,92)(H,83,105)(H,84,104)(H,85,107)(H,86,106)(H,87,101)(H,88,103)/t37-,38-,49-,50+,51-,52-,53-,54-,55-,57-,60-,65+,78-/m0/s1. The molecule has 35 nitrogen and oxygen atoms in total. The lowest BCUT2D eigenvalue weighted by Gasteiger charge is -2.43. The summed E-state index contributed by atoms with van der Waals surface area (Å²) in [5.74, 6) is -14.6. The molecule has 10 amide bonds. The number of methoxy groups -OCH3 is 1. The molecule has 0 saturated carbocycles. The molecule has 13 atom stereocenters. The first-order valence-corrected chi connectivity index (χ1v) is 36.7. The van der Waals surface area contributed by atoms with Crippen LogP contribution in [0.25, 0.3) is 11.1 Å². The number of aromatic hydroxyl groups is 3. The van der Waals surface area contributed by atoms with Crippen molar-refractivity contribution in [2.75, 3.05) is 40.1 Å². The second-order valence-corrected chi connectivity index (χ2v) is 28.7. The molecule has 0 aromatic heterocycles. The van der Waals surface area contributed by atoms with Gasteiger partial charge in [0.1, 0.15) is 90.2 Å². The number of ketones is 3. The molecular formula is C78H94N10O25. The van der Waals surface area contributed by atoms with E-state index in [1.807, 2.05) is 48.5 Å². The maximum Gasteiger partial charge on any atom is 0.407 e. The molecule has 4 aliphatic rings. The third kappa shape index (κ3) is 20.3. The fourth-order valence-electron chi connectivity index (χ4n) is 14.3. The van der Waals surface area contributed by atoms with Crippen molar-refractivity contribution in [3.05, 3.63) is 141 Å². The van der Waals surface area contributed by atoms with E-state index in [0.29, 0.717) is 5.56 Å². The Balaban J connectivity index is 0.825. The lowest BCUT2D eigenvalue weighted by atomic mass is 9.72. The van der Waals surface area contributed by atoms with Gasteiger partial charge in [-0.05, 0) is 91.5 Å². The predicted molar refractivity (Wildman–Crippen MR) is 397 cm³/mol. The second kappa shape index (κ2) is 37.7. The summed E-state index contributed by atoms with van der Waals surface area (Å²) in [4.78, 5) is 178. The van der Waals surface area contributed by atoms with Crippen LogP contribution in [0, 0.1) is 5.92 Å². The Kier molecular flexibility index (Phi) is 28.5. The van der Waals surface area contributed by atoms with Crippen molar-refractivity contribution in [3.63, 3.8) is 0 Å². The Morgan fingerprint density at radius 2 is 1.19 bits per heavy atom. The number of amides is 10. The summed E-state index contributed by atoms with van der Waals surface area (Å²) in [6, 6.07) is 12.3. The maximum absolute atomic E-state index is 14.5. The quantitative estimate of drug-likeness (QED) is 0.0170. The smallest absolute Gasteiger partial charge is 0.407 e. The topological polar surface area (TPSA) is 555 Å². The molecule has 19 N–H and O–H groups in total. The minimum absolute atomic E-state index is 0.0235. The molecule has 1 aliphatic heterocycles. The zero-order chi connectivity index (χ0) is 82.4. The van der Waals surface area contributed by atoms with E-state index in [4.69, 9.17) is 24.7 Å². The first kappa shape index (κ1) is 85.5. The summed E-state index contributed by atoms with van der Waals surface area (Å²) in [5, 5.41) is 111. The number of Topliss-reactive ketones (excluding diaryl/α,β-unsaturated/α-hetero) is 1. The van der Waals surface area contributed by atoms with E-state index >= 15 is 0 Å². The second-order valence-electron chi connectivity index (χ2n) is 28.7. The number of hydrogen-bond donors (Lipinski definition) is 18. The first-order valence-electron chi connectivity index (χ1n) is 36.7. The van der Waals surface area contributed by atoms with Crippen LogP contribution >= 0.6 is 0 Å². The van der Waals surface area contributed by atoms with Crippen LogP contribution in [0.1, 0.15) is 151 Å². The molecule has 0 spiro atoms. The summed E-state index contributed by atoms with van der Waals surface area (Å²) in [5.41, 5.74) is 4.93. The number of hydrogen-bond acceptors (Lipinski definition) is 25. The van der Waals surface area contributed by atoms with Crippen LogP contribution in [0.3, 0.4) is 0 Å². The Morgan fingerprint density at radius 1 is 0.637 bits per heavy atom. The third-order valence-corrected chi connectivity index (χ3v) is 20.1. The largest absolute Gasteiger partial charge is 0.508 e. The van der Waals surface area contributed by atoms with Gasteiger partial charge in [-0.2, -0.15) is 0 Å². The molecule has 113 heavy (non-hydrogen) atoms. The monoisotopic (exact) mass is 1570 g/mol.